The van der Waals surface area contributed by atoms with Crippen molar-refractivity contribution in [3.05, 3.63) is 29.8 Å². The number of halogens is 1. The van der Waals surface area contributed by atoms with Crippen LogP contribution in [0.4, 0.5) is 4.39 Å². The molecule has 0 radical (unpaired) electrons. The van der Waals surface area contributed by atoms with Crippen LogP contribution in [0.2, 0.25) is 0 Å². The largest absolute Gasteiger partial charge is 0.388 e. The van der Waals surface area contributed by atoms with Crippen molar-refractivity contribution in [2.45, 2.75) is 26.8 Å². The van der Waals surface area contributed by atoms with Gasteiger partial charge in [-0.25, -0.2) is 4.39 Å². The molecule has 0 aromatic carbocycles. The van der Waals surface area contributed by atoms with Crippen LogP contribution < -0.4 is 5.73 Å². The van der Waals surface area contributed by atoms with Crippen molar-refractivity contribution in [3.63, 3.8) is 0 Å². The number of amidine groups is 1. The zero-order valence-electron chi connectivity index (χ0n) is 11.0. The minimum absolute atomic E-state index is 0.182. The van der Waals surface area contributed by atoms with E-state index in [9.17, 15) is 4.39 Å². The molecule has 0 fully saturated rings. The highest BCUT2D eigenvalue weighted by atomic mass is 19.1. The Labute approximate surface area is 108 Å². The van der Waals surface area contributed by atoms with Gasteiger partial charge >= 0.3 is 0 Å². The minimum atomic E-state index is -0.316. The normalized spacial score (nSPS) is 11.2. The number of nitrogens with zero attached hydrogens (tertiary/aromatic N) is 2. The molecule has 0 aliphatic heterocycles. The van der Waals surface area contributed by atoms with E-state index in [1.165, 1.54) is 12.3 Å². The fourth-order valence-corrected chi connectivity index (χ4v) is 1.83. The molecule has 0 spiro atoms. The molecule has 0 unspecified atom stereocenters. The Bertz CT molecular complexity index is 392. The maximum absolute atomic E-state index is 13.1. The average molecular weight is 252 g/mol. The first kappa shape index (κ1) is 14.6. The summed E-state index contributed by atoms with van der Waals surface area (Å²) in [5, 5.41) is 7.26. The molecule has 0 aliphatic carbocycles. The second-order valence-electron chi connectivity index (χ2n) is 4.92. The van der Waals surface area contributed by atoms with Gasteiger partial charge in [0.2, 0.25) is 0 Å². The number of hydrogen-bond acceptors (Lipinski definition) is 3. The third-order valence-corrected chi connectivity index (χ3v) is 2.49. The lowest BCUT2D eigenvalue weighted by Gasteiger charge is -2.24. The van der Waals surface area contributed by atoms with Crippen LogP contribution in [0, 0.1) is 17.1 Å². The van der Waals surface area contributed by atoms with Gasteiger partial charge in [0, 0.05) is 32.3 Å². The summed E-state index contributed by atoms with van der Waals surface area (Å²) in [5.41, 5.74) is 6.22. The Hall–Kier alpha value is -1.49. The van der Waals surface area contributed by atoms with Crippen molar-refractivity contribution in [1.82, 2.24) is 9.88 Å². The Morgan fingerprint density at radius 2 is 2.22 bits per heavy atom. The van der Waals surface area contributed by atoms with E-state index in [2.05, 4.69) is 23.7 Å². The van der Waals surface area contributed by atoms with Crippen molar-refractivity contribution >= 4 is 5.84 Å². The summed E-state index contributed by atoms with van der Waals surface area (Å²) < 4.78 is 13.1. The van der Waals surface area contributed by atoms with Crippen LogP contribution in [-0.4, -0.2) is 28.8 Å². The monoisotopic (exact) mass is 252 g/mol. The number of hydrogen-bond donors (Lipinski definition) is 2. The molecule has 1 heterocycles. The summed E-state index contributed by atoms with van der Waals surface area (Å²) in [4.78, 5) is 6.01. The molecule has 1 aromatic heterocycles. The van der Waals surface area contributed by atoms with Gasteiger partial charge in [-0.3, -0.25) is 15.3 Å². The number of pyridine rings is 1. The van der Waals surface area contributed by atoms with Crippen molar-refractivity contribution in [3.8, 4) is 0 Å². The van der Waals surface area contributed by atoms with E-state index < -0.39 is 0 Å². The van der Waals surface area contributed by atoms with Crippen LogP contribution in [0.5, 0.6) is 0 Å². The Morgan fingerprint density at radius 3 is 2.78 bits per heavy atom. The SMILES string of the molecule is CC(C)CN(CCC(=N)N)Cc1cncc(F)c1. The quantitative estimate of drug-likeness (QED) is 0.576. The molecule has 5 heteroatoms. The van der Waals surface area contributed by atoms with Gasteiger partial charge in [-0.05, 0) is 17.5 Å². The van der Waals surface area contributed by atoms with Gasteiger partial charge in [-0.1, -0.05) is 13.8 Å². The van der Waals surface area contributed by atoms with Gasteiger partial charge in [0.15, 0.2) is 0 Å². The van der Waals surface area contributed by atoms with Crippen molar-refractivity contribution in [2.24, 2.45) is 11.7 Å². The average Bonchev–Trinajstić information content (AvgIpc) is 2.25. The fourth-order valence-electron chi connectivity index (χ4n) is 1.83. The minimum Gasteiger partial charge on any atom is -0.388 e. The second-order valence-corrected chi connectivity index (χ2v) is 4.92. The van der Waals surface area contributed by atoms with Crippen LogP contribution in [0.1, 0.15) is 25.8 Å². The topological polar surface area (TPSA) is 66.0 Å². The molecule has 0 saturated heterocycles. The van der Waals surface area contributed by atoms with E-state index in [1.54, 1.807) is 6.20 Å². The number of nitrogens with two attached hydrogens (primary N) is 1. The summed E-state index contributed by atoms with van der Waals surface area (Å²) in [6, 6.07) is 1.49. The van der Waals surface area contributed by atoms with E-state index >= 15 is 0 Å². The Kier molecular flexibility index (Phi) is 5.71. The first-order valence-electron chi connectivity index (χ1n) is 6.12. The number of nitrogens with one attached hydrogen (secondary N) is 1. The Balaban J connectivity index is 2.62. The molecular weight excluding hydrogens is 231 g/mol. The Morgan fingerprint density at radius 1 is 1.50 bits per heavy atom. The van der Waals surface area contributed by atoms with Crippen molar-refractivity contribution in [2.75, 3.05) is 13.1 Å². The fraction of sp³-hybridized carbons (Fsp3) is 0.538. The van der Waals surface area contributed by atoms with E-state index in [0.29, 0.717) is 25.4 Å². The van der Waals surface area contributed by atoms with Gasteiger partial charge in [-0.15, -0.1) is 0 Å². The van der Waals surface area contributed by atoms with E-state index in [4.69, 9.17) is 11.1 Å². The van der Waals surface area contributed by atoms with Crippen LogP contribution in [0.25, 0.3) is 0 Å². The molecule has 18 heavy (non-hydrogen) atoms. The molecule has 0 saturated carbocycles. The van der Waals surface area contributed by atoms with E-state index in [-0.39, 0.29) is 11.7 Å². The van der Waals surface area contributed by atoms with Gasteiger partial charge < -0.3 is 5.73 Å². The van der Waals surface area contributed by atoms with E-state index in [1.807, 2.05) is 0 Å². The lowest BCUT2D eigenvalue weighted by atomic mass is 10.1. The molecule has 100 valence electrons. The van der Waals surface area contributed by atoms with Gasteiger partial charge in [0.05, 0.1) is 12.0 Å². The standard InChI is InChI=1S/C13H21FN4/c1-10(2)8-18(4-3-13(15)16)9-11-5-12(14)7-17-6-11/h5-7,10H,3-4,8-9H2,1-2H3,(H3,15,16). The molecule has 4 nitrogen and oxygen atoms in total. The predicted molar refractivity (Wildman–Crippen MR) is 70.8 cm³/mol. The molecule has 0 atom stereocenters. The number of aromatic nitrogens is 1. The third-order valence-electron chi connectivity index (χ3n) is 2.49. The summed E-state index contributed by atoms with van der Waals surface area (Å²) in [5.74, 6) is 0.378. The van der Waals surface area contributed by atoms with Gasteiger partial charge in [0.1, 0.15) is 5.82 Å². The van der Waals surface area contributed by atoms with Gasteiger partial charge in [-0.2, -0.15) is 0 Å². The predicted octanol–water partition coefficient (Wildman–Crippen LogP) is 2.00. The van der Waals surface area contributed by atoms with Gasteiger partial charge in [0.25, 0.3) is 0 Å². The van der Waals surface area contributed by atoms with Crippen LogP contribution in [0.3, 0.4) is 0 Å². The third kappa shape index (κ3) is 5.72. The molecular formula is C13H21FN4. The highest BCUT2D eigenvalue weighted by Gasteiger charge is 2.09. The maximum Gasteiger partial charge on any atom is 0.141 e. The zero-order valence-corrected chi connectivity index (χ0v) is 11.0. The highest BCUT2D eigenvalue weighted by molar-refractivity contribution is 5.76. The molecule has 0 amide bonds. The molecule has 1 rings (SSSR count). The number of rotatable bonds is 7. The van der Waals surface area contributed by atoms with Crippen LogP contribution in [0.15, 0.2) is 18.5 Å². The smallest absolute Gasteiger partial charge is 0.141 e. The first-order chi connectivity index (χ1) is 8.47. The van der Waals surface area contributed by atoms with Crippen LogP contribution >= 0.6 is 0 Å². The summed E-state index contributed by atoms with van der Waals surface area (Å²) in [7, 11) is 0. The molecule has 0 aliphatic rings. The lowest BCUT2D eigenvalue weighted by molar-refractivity contribution is 0.242. The second kappa shape index (κ2) is 7.06. The summed E-state index contributed by atoms with van der Waals surface area (Å²) in [6.45, 7) is 6.50. The highest BCUT2D eigenvalue weighted by Crippen LogP contribution is 2.08. The maximum atomic E-state index is 13.1. The molecule has 0 bridgehead atoms. The molecule has 1 aromatic rings. The van der Waals surface area contributed by atoms with Crippen molar-refractivity contribution < 1.29 is 4.39 Å². The van der Waals surface area contributed by atoms with E-state index in [0.717, 1.165) is 12.1 Å². The molecule has 3 N–H and O–H groups in total. The van der Waals surface area contributed by atoms with Crippen molar-refractivity contribution in [1.29, 1.82) is 5.41 Å². The lowest BCUT2D eigenvalue weighted by Crippen LogP contribution is -2.31. The summed E-state index contributed by atoms with van der Waals surface area (Å²) in [6.07, 6.45) is 3.41. The first-order valence-corrected chi connectivity index (χ1v) is 6.12. The summed E-state index contributed by atoms with van der Waals surface area (Å²) >= 11 is 0. The van der Waals surface area contributed by atoms with Crippen LogP contribution in [-0.2, 0) is 6.54 Å². The zero-order chi connectivity index (χ0) is 13.5.